The molecule has 0 saturated carbocycles. The number of amides is 2. The van der Waals surface area contributed by atoms with Crippen molar-refractivity contribution in [2.24, 2.45) is 0 Å². The summed E-state index contributed by atoms with van der Waals surface area (Å²) < 4.78 is 6.45. The fourth-order valence-corrected chi connectivity index (χ4v) is 3.68. The average molecular weight is 412 g/mol. The fraction of sp³-hybridized carbons (Fsp3) is 0.318. The fourth-order valence-electron chi connectivity index (χ4n) is 2.76. The number of anilines is 2. The monoisotopic (exact) mass is 411 g/mol. The molecule has 3 aromatic rings. The molecule has 0 aliphatic heterocycles. The summed E-state index contributed by atoms with van der Waals surface area (Å²) in [6, 6.07) is 13.2. The van der Waals surface area contributed by atoms with Crippen LogP contribution in [0, 0.1) is 0 Å². The summed E-state index contributed by atoms with van der Waals surface area (Å²) in [7, 11) is 0. The Hall–Kier alpha value is -2.93. The number of nitrogens with one attached hydrogen (secondary N) is 2. The second-order valence-electron chi connectivity index (χ2n) is 7.06. The number of aromatic nitrogens is 1. The van der Waals surface area contributed by atoms with Gasteiger partial charge < -0.3 is 15.4 Å². The lowest BCUT2D eigenvalue weighted by atomic mass is 10.0. The van der Waals surface area contributed by atoms with Gasteiger partial charge in [0.2, 0.25) is 5.91 Å². The first-order chi connectivity index (χ1) is 13.9. The number of ether oxygens (including phenoxy) is 1. The number of benzene rings is 2. The minimum atomic E-state index is -0.238. The molecule has 2 N–H and O–H groups in total. The van der Waals surface area contributed by atoms with Gasteiger partial charge in [0.25, 0.3) is 5.91 Å². The Morgan fingerprint density at radius 3 is 2.52 bits per heavy atom. The molecule has 0 unspecified atom stereocenters. The second-order valence-corrected chi connectivity index (χ2v) is 8.09. The van der Waals surface area contributed by atoms with Crippen molar-refractivity contribution in [3.05, 3.63) is 48.0 Å². The lowest BCUT2D eigenvalue weighted by Crippen LogP contribution is -2.20. The van der Waals surface area contributed by atoms with E-state index >= 15 is 0 Å². The molecule has 0 fully saturated rings. The van der Waals surface area contributed by atoms with E-state index in [1.54, 1.807) is 6.07 Å². The molecule has 0 bridgehead atoms. The Morgan fingerprint density at radius 1 is 1.07 bits per heavy atom. The zero-order valence-corrected chi connectivity index (χ0v) is 17.6. The lowest BCUT2D eigenvalue weighted by Gasteiger charge is -2.09. The Kier molecular flexibility index (Phi) is 6.82. The molecule has 3 rings (SSSR count). The second kappa shape index (κ2) is 9.52. The molecule has 2 aromatic carbocycles. The van der Waals surface area contributed by atoms with Crippen LogP contribution in [0.15, 0.2) is 42.5 Å². The first kappa shape index (κ1) is 20.8. The van der Waals surface area contributed by atoms with Gasteiger partial charge in [-0.2, -0.15) is 0 Å². The highest BCUT2D eigenvalue weighted by Gasteiger charge is 2.10. The van der Waals surface area contributed by atoms with Crippen LogP contribution in [0.5, 0.6) is 5.75 Å². The smallest absolute Gasteiger partial charge is 0.262 e. The number of rotatable bonds is 8. The molecule has 0 aliphatic carbocycles. The number of carbonyl (C=O) groups is 2. The summed E-state index contributed by atoms with van der Waals surface area (Å²) >= 11 is 1.38. The van der Waals surface area contributed by atoms with Crippen LogP contribution in [0.3, 0.4) is 0 Å². The van der Waals surface area contributed by atoms with Crippen molar-refractivity contribution in [2.45, 2.75) is 39.5 Å². The number of fused-ring (bicyclic) bond motifs is 1. The molecule has 0 atom stereocenters. The molecule has 29 heavy (non-hydrogen) atoms. The molecule has 1 heterocycles. The molecule has 0 aliphatic rings. The number of hydrogen-bond donors (Lipinski definition) is 2. The zero-order chi connectivity index (χ0) is 20.8. The SMILES string of the molecule is CCCC(=O)Nc1nc2ccc(NC(=O)COc3ccc(C(C)C)cc3)cc2s1. The van der Waals surface area contributed by atoms with E-state index in [9.17, 15) is 9.59 Å². The molecular weight excluding hydrogens is 386 g/mol. The van der Waals surface area contributed by atoms with Crippen molar-refractivity contribution in [3.8, 4) is 5.75 Å². The van der Waals surface area contributed by atoms with Gasteiger partial charge in [-0.15, -0.1) is 0 Å². The van der Waals surface area contributed by atoms with Gasteiger partial charge in [-0.25, -0.2) is 4.98 Å². The summed E-state index contributed by atoms with van der Waals surface area (Å²) in [6.45, 7) is 6.15. The summed E-state index contributed by atoms with van der Waals surface area (Å²) in [5, 5.41) is 6.20. The van der Waals surface area contributed by atoms with Crippen molar-refractivity contribution >= 4 is 44.2 Å². The van der Waals surface area contributed by atoms with Crippen LogP contribution in [0.25, 0.3) is 10.2 Å². The molecule has 1 aromatic heterocycles. The largest absolute Gasteiger partial charge is 0.484 e. The highest BCUT2D eigenvalue weighted by Crippen LogP contribution is 2.28. The van der Waals surface area contributed by atoms with E-state index in [1.165, 1.54) is 16.9 Å². The van der Waals surface area contributed by atoms with Crippen molar-refractivity contribution in [2.75, 3.05) is 17.2 Å². The van der Waals surface area contributed by atoms with Crippen LogP contribution in [0.2, 0.25) is 0 Å². The van der Waals surface area contributed by atoms with E-state index in [4.69, 9.17) is 4.74 Å². The van der Waals surface area contributed by atoms with Gasteiger partial charge in [0, 0.05) is 12.1 Å². The Labute approximate surface area is 174 Å². The van der Waals surface area contributed by atoms with E-state index in [0.717, 1.165) is 16.6 Å². The molecule has 0 radical (unpaired) electrons. The van der Waals surface area contributed by atoms with Crippen LogP contribution in [0.1, 0.15) is 45.1 Å². The first-order valence-electron chi connectivity index (χ1n) is 9.67. The van der Waals surface area contributed by atoms with Crippen LogP contribution in [-0.4, -0.2) is 23.4 Å². The van der Waals surface area contributed by atoms with E-state index < -0.39 is 0 Å². The van der Waals surface area contributed by atoms with Crippen molar-refractivity contribution in [1.29, 1.82) is 0 Å². The van der Waals surface area contributed by atoms with Crippen molar-refractivity contribution in [1.82, 2.24) is 4.98 Å². The molecule has 0 spiro atoms. The number of nitrogens with zero attached hydrogens (tertiary/aromatic N) is 1. The van der Waals surface area contributed by atoms with E-state index in [0.29, 0.717) is 28.9 Å². The van der Waals surface area contributed by atoms with Crippen molar-refractivity contribution < 1.29 is 14.3 Å². The lowest BCUT2D eigenvalue weighted by molar-refractivity contribution is -0.118. The van der Waals surface area contributed by atoms with Crippen LogP contribution >= 0.6 is 11.3 Å². The summed E-state index contributed by atoms with van der Waals surface area (Å²) in [5.41, 5.74) is 2.67. The van der Waals surface area contributed by atoms with Gasteiger partial charge in [0.15, 0.2) is 11.7 Å². The summed E-state index contributed by atoms with van der Waals surface area (Å²) in [4.78, 5) is 28.3. The Bertz CT molecular complexity index is 996. The third-order valence-electron chi connectivity index (χ3n) is 4.31. The van der Waals surface area contributed by atoms with Crippen LogP contribution in [0.4, 0.5) is 10.8 Å². The Balaban J connectivity index is 1.57. The van der Waals surface area contributed by atoms with Gasteiger partial charge in [0.05, 0.1) is 10.2 Å². The van der Waals surface area contributed by atoms with E-state index in [1.807, 2.05) is 43.3 Å². The maximum atomic E-state index is 12.2. The van der Waals surface area contributed by atoms with E-state index in [-0.39, 0.29) is 18.4 Å². The molecular formula is C22H25N3O3S. The summed E-state index contributed by atoms with van der Waals surface area (Å²) in [5.74, 6) is 0.835. The predicted octanol–water partition coefficient (Wildman–Crippen LogP) is 5.18. The first-order valence-corrected chi connectivity index (χ1v) is 10.5. The standard InChI is InChI=1S/C22H25N3O3S/c1-4-5-20(26)25-22-24-18-11-8-16(12-19(18)29-22)23-21(27)13-28-17-9-6-15(7-10-17)14(2)3/h6-12,14H,4-5,13H2,1-3H3,(H,23,27)(H,24,25,26). The van der Waals surface area contributed by atoms with Gasteiger partial charge in [0.1, 0.15) is 5.75 Å². The van der Waals surface area contributed by atoms with Gasteiger partial charge in [-0.1, -0.05) is 44.2 Å². The van der Waals surface area contributed by atoms with Gasteiger partial charge in [-0.05, 0) is 48.2 Å². The minimum Gasteiger partial charge on any atom is -0.484 e. The topological polar surface area (TPSA) is 80.3 Å². The van der Waals surface area contributed by atoms with E-state index in [2.05, 4.69) is 29.5 Å². The number of thiazole rings is 1. The third kappa shape index (κ3) is 5.77. The average Bonchev–Trinajstić information content (AvgIpc) is 3.08. The minimum absolute atomic E-state index is 0.0429. The van der Waals surface area contributed by atoms with Crippen LogP contribution < -0.4 is 15.4 Å². The normalized spacial score (nSPS) is 10.9. The number of carbonyl (C=O) groups excluding carboxylic acids is 2. The zero-order valence-electron chi connectivity index (χ0n) is 16.8. The quantitative estimate of drug-likeness (QED) is 0.535. The number of hydrogen-bond acceptors (Lipinski definition) is 5. The van der Waals surface area contributed by atoms with Crippen LogP contribution in [-0.2, 0) is 9.59 Å². The molecule has 152 valence electrons. The van der Waals surface area contributed by atoms with Crippen molar-refractivity contribution in [3.63, 3.8) is 0 Å². The Morgan fingerprint density at radius 2 is 1.83 bits per heavy atom. The highest BCUT2D eigenvalue weighted by atomic mass is 32.1. The maximum absolute atomic E-state index is 12.2. The molecule has 2 amide bonds. The maximum Gasteiger partial charge on any atom is 0.262 e. The molecule has 7 heteroatoms. The highest BCUT2D eigenvalue weighted by molar-refractivity contribution is 7.22. The predicted molar refractivity (Wildman–Crippen MR) is 118 cm³/mol. The van der Waals surface area contributed by atoms with Gasteiger partial charge in [-0.3, -0.25) is 9.59 Å². The molecule has 6 nitrogen and oxygen atoms in total. The third-order valence-corrected chi connectivity index (χ3v) is 5.25. The van der Waals surface area contributed by atoms with Gasteiger partial charge >= 0.3 is 0 Å². The summed E-state index contributed by atoms with van der Waals surface area (Å²) in [6.07, 6.45) is 1.26. The molecule has 0 saturated heterocycles.